The number of aromatic nitrogens is 2. The van der Waals surface area contributed by atoms with Gasteiger partial charge in [-0.3, -0.25) is 14.8 Å². The molecule has 0 unspecified atom stereocenters. The summed E-state index contributed by atoms with van der Waals surface area (Å²) in [6.07, 6.45) is 4.90. The van der Waals surface area contributed by atoms with Crippen LogP contribution in [0, 0.1) is 0 Å². The Kier molecular flexibility index (Phi) is 5.91. The number of hydrogen-bond acceptors (Lipinski definition) is 5. The number of anilines is 2. The monoisotopic (exact) mass is 379 g/mol. The number of pyridine rings is 2. The van der Waals surface area contributed by atoms with E-state index in [9.17, 15) is 4.79 Å². The molecule has 2 heterocycles. The lowest BCUT2D eigenvalue weighted by atomic mass is 10.3. The lowest BCUT2D eigenvalue weighted by Gasteiger charge is -2.11. The Labute approximate surface area is 161 Å². The normalized spacial score (nSPS) is 9.96. The minimum Gasteiger partial charge on any atom is -0.457 e. The van der Waals surface area contributed by atoms with Crippen molar-refractivity contribution < 1.29 is 9.53 Å². The van der Waals surface area contributed by atoms with Gasteiger partial charge in [-0.25, -0.2) is 0 Å². The second kappa shape index (κ2) is 8.72. The van der Waals surface area contributed by atoms with E-state index >= 15 is 0 Å². The van der Waals surface area contributed by atoms with E-state index < -0.39 is 0 Å². The fourth-order valence-corrected chi connectivity index (χ4v) is 2.43. The Bertz CT molecular complexity index is 932. The molecule has 0 saturated carbocycles. The van der Waals surface area contributed by atoms with Crippen LogP contribution in [-0.2, 0) is 0 Å². The summed E-state index contributed by atoms with van der Waals surface area (Å²) in [5.41, 5.74) is 1.96. The first kappa shape index (κ1) is 18.3. The molecule has 0 radical (unpaired) electrons. The first-order valence-corrected chi connectivity index (χ1v) is 8.49. The van der Waals surface area contributed by atoms with Gasteiger partial charge in [-0.2, -0.15) is 0 Å². The lowest BCUT2D eigenvalue weighted by Crippen LogP contribution is -2.19. The third-order valence-corrected chi connectivity index (χ3v) is 3.68. The number of hydrogen-bond donors (Lipinski definition) is 3. The van der Waals surface area contributed by atoms with Crippen LogP contribution < -0.4 is 20.7 Å². The van der Waals surface area contributed by atoms with Gasteiger partial charge in [0.1, 0.15) is 17.2 Å². The maximum absolute atomic E-state index is 11.6. The van der Waals surface area contributed by atoms with Crippen molar-refractivity contribution in [3.63, 3.8) is 0 Å². The zero-order chi connectivity index (χ0) is 19.1. The molecule has 0 aliphatic carbocycles. The highest BCUT2D eigenvalue weighted by Gasteiger charge is 2.07. The Morgan fingerprint density at radius 1 is 0.926 bits per heavy atom. The zero-order valence-electron chi connectivity index (χ0n) is 14.5. The van der Waals surface area contributed by atoms with Crippen LogP contribution in [-0.4, -0.2) is 28.0 Å². The molecule has 2 aromatic heterocycles. The van der Waals surface area contributed by atoms with Crippen LogP contribution in [0.15, 0.2) is 67.1 Å². The molecule has 0 spiro atoms. The van der Waals surface area contributed by atoms with E-state index in [0.717, 1.165) is 11.4 Å². The van der Waals surface area contributed by atoms with Crippen molar-refractivity contribution >= 4 is 34.6 Å². The molecule has 0 saturated heterocycles. The van der Waals surface area contributed by atoms with Gasteiger partial charge in [0.05, 0.1) is 0 Å². The quantitative estimate of drug-likeness (QED) is 0.585. The average molecular weight is 379 g/mol. The molecule has 3 N–H and O–H groups in total. The van der Waals surface area contributed by atoms with E-state index in [1.807, 2.05) is 24.3 Å². The molecule has 27 heavy (non-hydrogen) atoms. The van der Waals surface area contributed by atoms with Crippen LogP contribution in [0.2, 0.25) is 0 Å². The number of nitrogens with one attached hydrogen (secondary N) is 3. The van der Waals surface area contributed by atoms with Gasteiger partial charge in [-0.1, -0.05) is 0 Å². The van der Waals surface area contributed by atoms with Gasteiger partial charge in [0.15, 0.2) is 5.11 Å². The fourth-order valence-electron chi connectivity index (χ4n) is 2.20. The Morgan fingerprint density at radius 3 is 2.26 bits per heavy atom. The van der Waals surface area contributed by atoms with E-state index in [1.54, 1.807) is 43.7 Å². The molecule has 7 nitrogen and oxygen atoms in total. The van der Waals surface area contributed by atoms with E-state index in [2.05, 4.69) is 25.9 Å². The van der Waals surface area contributed by atoms with Gasteiger partial charge >= 0.3 is 0 Å². The third kappa shape index (κ3) is 5.23. The predicted octanol–water partition coefficient (Wildman–Crippen LogP) is 3.44. The van der Waals surface area contributed by atoms with Crippen molar-refractivity contribution in [3.8, 4) is 11.5 Å². The van der Waals surface area contributed by atoms with E-state index in [0.29, 0.717) is 22.3 Å². The molecular weight excluding hydrogens is 362 g/mol. The highest BCUT2D eigenvalue weighted by Crippen LogP contribution is 2.23. The standard InChI is InChI=1S/C19H17N5O2S/c1-20-18(25)17-12-16(8-11-22-17)26-15-4-2-13(3-5-15)23-19(27)24-14-6-9-21-10-7-14/h2-12H,1H3,(H,20,25)(H2,21,23,24,27). The molecule has 0 atom stereocenters. The summed E-state index contributed by atoms with van der Waals surface area (Å²) >= 11 is 5.29. The van der Waals surface area contributed by atoms with E-state index in [-0.39, 0.29) is 5.91 Å². The van der Waals surface area contributed by atoms with Gasteiger partial charge in [-0.05, 0) is 54.7 Å². The smallest absolute Gasteiger partial charge is 0.269 e. The molecule has 3 aromatic rings. The average Bonchev–Trinajstić information content (AvgIpc) is 2.70. The largest absolute Gasteiger partial charge is 0.457 e. The summed E-state index contributed by atoms with van der Waals surface area (Å²) in [6.45, 7) is 0. The van der Waals surface area contributed by atoms with Crippen molar-refractivity contribution in [1.82, 2.24) is 15.3 Å². The molecule has 0 bridgehead atoms. The third-order valence-electron chi connectivity index (χ3n) is 3.48. The van der Waals surface area contributed by atoms with E-state index in [1.165, 1.54) is 6.20 Å². The SMILES string of the molecule is CNC(=O)c1cc(Oc2ccc(NC(=S)Nc3ccncc3)cc2)ccn1. The van der Waals surface area contributed by atoms with Gasteiger partial charge in [-0.15, -0.1) is 0 Å². The summed E-state index contributed by atoms with van der Waals surface area (Å²) in [6, 6.07) is 14.2. The van der Waals surface area contributed by atoms with Gasteiger partial charge in [0, 0.05) is 43.1 Å². The first-order chi connectivity index (χ1) is 13.1. The van der Waals surface area contributed by atoms with Crippen molar-refractivity contribution in [2.75, 3.05) is 17.7 Å². The Hall–Kier alpha value is -3.52. The van der Waals surface area contributed by atoms with Crippen molar-refractivity contribution in [2.45, 2.75) is 0 Å². The summed E-state index contributed by atoms with van der Waals surface area (Å²) in [4.78, 5) is 19.6. The van der Waals surface area contributed by atoms with Crippen LogP contribution in [0.3, 0.4) is 0 Å². The lowest BCUT2D eigenvalue weighted by molar-refractivity contribution is 0.0958. The number of rotatable bonds is 5. The highest BCUT2D eigenvalue weighted by atomic mass is 32.1. The number of nitrogens with zero attached hydrogens (tertiary/aromatic N) is 2. The predicted molar refractivity (Wildman–Crippen MR) is 108 cm³/mol. The second-order valence-corrected chi connectivity index (χ2v) is 5.81. The molecule has 136 valence electrons. The summed E-state index contributed by atoms with van der Waals surface area (Å²) in [5.74, 6) is 0.886. The summed E-state index contributed by atoms with van der Waals surface area (Å²) in [7, 11) is 1.55. The molecular formula is C19H17N5O2S. The van der Waals surface area contributed by atoms with Crippen molar-refractivity contribution in [2.24, 2.45) is 0 Å². The van der Waals surface area contributed by atoms with Crippen molar-refractivity contribution in [1.29, 1.82) is 0 Å². The first-order valence-electron chi connectivity index (χ1n) is 8.08. The highest BCUT2D eigenvalue weighted by molar-refractivity contribution is 7.80. The number of carbonyl (C=O) groups excluding carboxylic acids is 1. The second-order valence-electron chi connectivity index (χ2n) is 5.40. The number of ether oxygens (including phenoxy) is 1. The zero-order valence-corrected chi connectivity index (χ0v) is 15.3. The van der Waals surface area contributed by atoms with E-state index in [4.69, 9.17) is 17.0 Å². The minimum atomic E-state index is -0.268. The molecule has 0 fully saturated rings. The summed E-state index contributed by atoms with van der Waals surface area (Å²) in [5, 5.41) is 9.17. The maximum Gasteiger partial charge on any atom is 0.269 e. The maximum atomic E-state index is 11.6. The number of benzene rings is 1. The van der Waals surface area contributed by atoms with Crippen LogP contribution >= 0.6 is 12.2 Å². The molecule has 8 heteroatoms. The topological polar surface area (TPSA) is 88.2 Å². The van der Waals surface area contributed by atoms with Crippen LogP contribution in [0.4, 0.5) is 11.4 Å². The Morgan fingerprint density at radius 2 is 1.59 bits per heavy atom. The van der Waals surface area contributed by atoms with Gasteiger partial charge in [0.2, 0.25) is 0 Å². The number of amides is 1. The fraction of sp³-hybridized carbons (Fsp3) is 0.0526. The number of thiocarbonyl (C=S) groups is 1. The van der Waals surface area contributed by atoms with Crippen LogP contribution in [0.1, 0.15) is 10.5 Å². The molecule has 0 aliphatic heterocycles. The van der Waals surface area contributed by atoms with Gasteiger partial charge in [0.25, 0.3) is 5.91 Å². The van der Waals surface area contributed by atoms with Crippen LogP contribution in [0.5, 0.6) is 11.5 Å². The molecule has 3 rings (SSSR count). The summed E-state index contributed by atoms with van der Waals surface area (Å²) < 4.78 is 5.77. The molecule has 0 aliphatic rings. The molecule has 1 aromatic carbocycles. The van der Waals surface area contributed by atoms with Gasteiger partial charge < -0.3 is 20.7 Å². The number of carbonyl (C=O) groups is 1. The molecule has 1 amide bonds. The van der Waals surface area contributed by atoms with Crippen molar-refractivity contribution in [3.05, 3.63) is 72.8 Å². The minimum absolute atomic E-state index is 0.268. The Balaban J connectivity index is 1.60. The van der Waals surface area contributed by atoms with Crippen LogP contribution in [0.25, 0.3) is 0 Å².